The first kappa shape index (κ1) is 20.8. The van der Waals surface area contributed by atoms with Crippen LogP contribution in [0.1, 0.15) is 16.1 Å². The molecular weight excluding hydrogens is 431 g/mol. The molecule has 11 heteroatoms. The number of ether oxygens (including phenoxy) is 2. The van der Waals surface area contributed by atoms with Crippen LogP contribution in [0.5, 0.6) is 17.4 Å². The summed E-state index contributed by atoms with van der Waals surface area (Å²) < 4.78 is 49.8. The number of pyridine rings is 1. The number of nitrogens with two attached hydrogens (primary N) is 1. The third kappa shape index (κ3) is 4.82. The molecule has 0 unspecified atom stereocenters. The van der Waals surface area contributed by atoms with E-state index < -0.39 is 11.7 Å². The summed E-state index contributed by atoms with van der Waals surface area (Å²) in [7, 11) is 0. The summed E-state index contributed by atoms with van der Waals surface area (Å²) in [6, 6.07) is 6.72. The van der Waals surface area contributed by atoms with Gasteiger partial charge in [-0.3, -0.25) is 0 Å². The summed E-state index contributed by atoms with van der Waals surface area (Å²) in [6.07, 6.45) is -1.44. The molecule has 0 radical (unpaired) electrons. The van der Waals surface area contributed by atoms with Crippen LogP contribution in [-0.2, 0) is 12.6 Å². The van der Waals surface area contributed by atoms with Gasteiger partial charge >= 0.3 is 6.18 Å². The maximum absolute atomic E-state index is 12.8. The molecule has 0 aliphatic carbocycles. The van der Waals surface area contributed by atoms with E-state index in [1.54, 1.807) is 18.2 Å². The van der Waals surface area contributed by atoms with E-state index in [-0.39, 0.29) is 5.88 Å². The fourth-order valence-electron chi connectivity index (χ4n) is 2.78. The van der Waals surface area contributed by atoms with E-state index in [0.717, 1.165) is 33.7 Å². The van der Waals surface area contributed by atoms with Gasteiger partial charge in [0.15, 0.2) is 5.82 Å². The van der Waals surface area contributed by atoms with Crippen LogP contribution in [0.25, 0.3) is 10.3 Å². The van der Waals surface area contributed by atoms with Crippen molar-refractivity contribution in [3.8, 4) is 17.4 Å². The Labute approximate surface area is 178 Å². The van der Waals surface area contributed by atoms with Crippen molar-refractivity contribution in [2.75, 3.05) is 12.3 Å². The molecule has 3 heterocycles. The lowest BCUT2D eigenvalue weighted by atomic mass is 10.2. The standard InChI is InChI=1S/C20H16F3N5O2S/c1-11-8-13(30-15-9-12(4-6-25-15)20(21,22)23)2-3-14(11)29-7-5-16-28-17-18(24)26-10-27-19(17)31-16/h2-4,6,8-10H,5,7H2,1H3,(H2,24,26,27). The second-order valence-corrected chi connectivity index (χ2v) is 7.59. The Morgan fingerprint density at radius 2 is 1.94 bits per heavy atom. The fraction of sp³-hybridized carbons (Fsp3) is 0.200. The van der Waals surface area contributed by atoms with Gasteiger partial charge in [-0.05, 0) is 36.8 Å². The van der Waals surface area contributed by atoms with Crippen molar-refractivity contribution >= 4 is 27.5 Å². The van der Waals surface area contributed by atoms with Crippen molar-refractivity contribution in [2.45, 2.75) is 19.5 Å². The second kappa shape index (κ2) is 8.34. The highest BCUT2D eigenvalue weighted by molar-refractivity contribution is 7.18. The van der Waals surface area contributed by atoms with Crippen LogP contribution in [0.3, 0.4) is 0 Å². The molecule has 3 aromatic heterocycles. The first-order valence-corrected chi connectivity index (χ1v) is 9.91. The highest BCUT2D eigenvalue weighted by atomic mass is 32.1. The first-order valence-electron chi connectivity index (χ1n) is 9.10. The maximum atomic E-state index is 12.8. The number of hydrogen-bond donors (Lipinski definition) is 1. The molecule has 7 nitrogen and oxygen atoms in total. The normalized spacial score (nSPS) is 11.6. The Kier molecular flexibility index (Phi) is 5.59. The van der Waals surface area contributed by atoms with E-state index in [9.17, 15) is 13.2 Å². The average molecular weight is 447 g/mol. The molecule has 0 aliphatic heterocycles. The molecule has 0 amide bonds. The zero-order chi connectivity index (χ0) is 22.0. The number of aryl methyl sites for hydroxylation is 1. The van der Waals surface area contributed by atoms with Crippen LogP contribution < -0.4 is 15.2 Å². The summed E-state index contributed by atoms with van der Waals surface area (Å²) >= 11 is 1.43. The highest BCUT2D eigenvalue weighted by Crippen LogP contribution is 2.32. The monoisotopic (exact) mass is 447 g/mol. The number of alkyl halides is 3. The molecule has 0 saturated carbocycles. The summed E-state index contributed by atoms with van der Waals surface area (Å²) in [5.41, 5.74) is 6.33. The van der Waals surface area contributed by atoms with Gasteiger partial charge in [0.2, 0.25) is 5.88 Å². The number of rotatable bonds is 6. The molecule has 0 atom stereocenters. The van der Waals surface area contributed by atoms with Crippen LogP contribution in [0.2, 0.25) is 0 Å². The van der Waals surface area contributed by atoms with Crippen LogP contribution in [0.4, 0.5) is 19.0 Å². The first-order chi connectivity index (χ1) is 14.8. The molecule has 0 spiro atoms. The molecule has 31 heavy (non-hydrogen) atoms. The second-order valence-electron chi connectivity index (χ2n) is 6.53. The predicted molar refractivity (Wildman–Crippen MR) is 109 cm³/mol. The Bertz CT molecular complexity index is 1230. The van der Waals surface area contributed by atoms with Crippen molar-refractivity contribution in [3.63, 3.8) is 0 Å². The number of thiazole rings is 1. The fourth-order valence-corrected chi connectivity index (χ4v) is 3.67. The number of nitrogen functional groups attached to an aromatic ring is 1. The van der Waals surface area contributed by atoms with Gasteiger partial charge < -0.3 is 15.2 Å². The minimum atomic E-state index is -4.46. The van der Waals surface area contributed by atoms with Crippen molar-refractivity contribution in [3.05, 3.63) is 59.0 Å². The molecule has 0 aliphatic rings. The number of halogens is 3. The summed E-state index contributed by atoms with van der Waals surface area (Å²) in [6.45, 7) is 2.19. The number of anilines is 1. The molecule has 1 aromatic carbocycles. The largest absolute Gasteiger partial charge is 0.493 e. The minimum absolute atomic E-state index is 0.138. The zero-order valence-electron chi connectivity index (χ0n) is 16.2. The maximum Gasteiger partial charge on any atom is 0.416 e. The van der Waals surface area contributed by atoms with Crippen LogP contribution in [-0.4, -0.2) is 26.5 Å². The minimum Gasteiger partial charge on any atom is -0.493 e. The van der Waals surface area contributed by atoms with Crippen LogP contribution in [0, 0.1) is 6.92 Å². The van der Waals surface area contributed by atoms with Crippen LogP contribution in [0.15, 0.2) is 42.9 Å². The Hall–Kier alpha value is -3.47. The summed E-state index contributed by atoms with van der Waals surface area (Å²) in [5.74, 6) is 1.19. The predicted octanol–water partition coefficient (Wildman–Crippen LogP) is 4.80. The number of hydrogen-bond acceptors (Lipinski definition) is 8. The van der Waals surface area contributed by atoms with Gasteiger partial charge in [-0.15, -0.1) is 0 Å². The van der Waals surface area contributed by atoms with Gasteiger partial charge in [0.05, 0.1) is 17.2 Å². The van der Waals surface area contributed by atoms with E-state index in [1.807, 2.05) is 6.92 Å². The molecule has 2 N–H and O–H groups in total. The van der Waals surface area contributed by atoms with E-state index >= 15 is 0 Å². The molecule has 4 aromatic rings. The Morgan fingerprint density at radius 3 is 2.68 bits per heavy atom. The Morgan fingerprint density at radius 1 is 1.10 bits per heavy atom. The molecule has 0 fully saturated rings. The summed E-state index contributed by atoms with van der Waals surface area (Å²) in [5, 5.41) is 0.829. The van der Waals surface area contributed by atoms with Crippen molar-refractivity contribution in [2.24, 2.45) is 0 Å². The van der Waals surface area contributed by atoms with Gasteiger partial charge in [-0.25, -0.2) is 19.9 Å². The number of benzene rings is 1. The lowest BCUT2D eigenvalue weighted by Crippen LogP contribution is -2.05. The SMILES string of the molecule is Cc1cc(Oc2cc(C(F)(F)F)ccn2)ccc1OCCc1nc2c(N)ncnc2s1. The lowest BCUT2D eigenvalue weighted by Gasteiger charge is -2.12. The topological polar surface area (TPSA) is 96.0 Å². The molecule has 160 valence electrons. The number of fused-ring (bicyclic) bond motifs is 1. The lowest BCUT2D eigenvalue weighted by molar-refractivity contribution is -0.137. The van der Waals surface area contributed by atoms with Crippen molar-refractivity contribution in [1.82, 2.24) is 19.9 Å². The van der Waals surface area contributed by atoms with Crippen molar-refractivity contribution < 1.29 is 22.6 Å². The van der Waals surface area contributed by atoms with Gasteiger partial charge in [0.25, 0.3) is 0 Å². The van der Waals surface area contributed by atoms with E-state index in [0.29, 0.717) is 35.9 Å². The van der Waals surface area contributed by atoms with E-state index in [1.165, 1.54) is 17.7 Å². The van der Waals surface area contributed by atoms with Crippen LogP contribution >= 0.6 is 11.3 Å². The molecule has 0 saturated heterocycles. The molecule has 4 rings (SSSR count). The van der Waals surface area contributed by atoms with Gasteiger partial charge in [-0.2, -0.15) is 13.2 Å². The third-order valence-corrected chi connectivity index (χ3v) is 5.30. The average Bonchev–Trinajstić information content (AvgIpc) is 3.14. The third-order valence-electron chi connectivity index (χ3n) is 4.27. The number of nitrogens with zero attached hydrogens (tertiary/aromatic N) is 4. The smallest absolute Gasteiger partial charge is 0.416 e. The highest BCUT2D eigenvalue weighted by Gasteiger charge is 2.31. The zero-order valence-corrected chi connectivity index (χ0v) is 17.0. The van der Waals surface area contributed by atoms with Gasteiger partial charge in [0, 0.05) is 18.7 Å². The molecular formula is C20H16F3N5O2S. The van der Waals surface area contributed by atoms with Gasteiger partial charge in [-0.1, -0.05) is 11.3 Å². The quantitative estimate of drug-likeness (QED) is 0.453. The van der Waals surface area contributed by atoms with E-state index in [4.69, 9.17) is 15.2 Å². The van der Waals surface area contributed by atoms with Crippen molar-refractivity contribution in [1.29, 1.82) is 0 Å². The van der Waals surface area contributed by atoms with Gasteiger partial charge in [0.1, 0.15) is 28.2 Å². The molecule has 0 bridgehead atoms. The summed E-state index contributed by atoms with van der Waals surface area (Å²) in [4.78, 5) is 17.1. The number of aromatic nitrogens is 4. The van der Waals surface area contributed by atoms with E-state index in [2.05, 4.69) is 19.9 Å². The Balaban J connectivity index is 1.39.